The summed E-state index contributed by atoms with van der Waals surface area (Å²) in [7, 11) is 0. The first-order valence-corrected chi connectivity index (χ1v) is 10.5. The molecule has 2 aliphatic rings. The van der Waals surface area contributed by atoms with Crippen molar-refractivity contribution in [3.05, 3.63) is 58.5 Å². The lowest BCUT2D eigenvalue weighted by molar-refractivity contribution is 0.300. The van der Waals surface area contributed by atoms with Crippen LogP contribution in [0, 0.1) is 0 Å². The monoisotopic (exact) mass is 391 g/mol. The van der Waals surface area contributed by atoms with Gasteiger partial charge in [-0.15, -0.1) is 0 Å². The van der Waals surface area contributed by atoms with E-state index in [9.17, 15) is 4.79 Å². The van der Waals surface area contributed by atoms with Crippen molar-refractivity contribution >= 4 is 5.82 Å². The maximum atomic E-state index is 12.6. The van der Waals surface area contributed by atoms with Gasteiger partial charge in [-0.25, -0.2) is 14.3 Å². The molecule has 0 spiro atoms. The highest BCUT2D eigenvalue weighted by molar-refractivity contribution is 5.36. The predicted octanol–water partition coefficient (Wildman–Crippen LogP) is 2.69. The minimum Gasteiger partial charge on any atom is -0.366 e. The minimum atomic E-state index is 0.0554. The van der Waals surface area contributed by atoms with E-state index in [2.05, 4.69) is 20.4 Å². The van der Waals surface area contributed by atoms with E-state index in [1.807, 2.05) is 18.3 Å². The highest BCUT2D eigenvalue weighted by Crippen LogP contribution is 2.29. The first-order valence-electron chi connectivity index (χ1n) is 10.5. The molecule has 1 saturated carbocycles. The Bertz CT molecular complexity index is 1040. The van der Waals surface area contributed by atoms with Gasteiger partial charge < -0.3 is 5.32 Å². The van der Waals surface area contributed by atoms with Crippen molar-refractivity contribution in [1.29, 1.82) is 0 Å². The summed E-state index contributed by atoms with van der Waals surface area (Å²) >= 11 is 0. The molecule has 0 aliphatic heterocycles. The van der Waals surface area contributed by atoms with E-state index in [1.165, 1.54) is 12.8 Å². The van der Waals surface area contributed by atoms with Crippen LogP contribution in [0.4, 0.5) is 5.82 Å². The van der Waals surface area contributed by atoms with E-state index >= 15 is 0 Å². The summed E-state index contributed by atoms with van der Waals surface area (Å²) in [6.07, 6.45) is 15.2. The van der Waals surface area contributed by atoms with Crippen LogP contribution in [0.25, 0.3) is 5.82 Å². The fourth-order valence-electron chi connectivity index (χ4n) is 4.45. The Kier molecular flexibility index (Phi) is 4.83. The lowest BCUT2D eigenvalue weighted by atomic mass is 9.91. The summed E-state index contributed by atoms with van der Waals surface area (Å²) in [6, 6.07) is 4.19. The second kappa shape index (κ2) is 7.77. The molecule has 8 heteroatoms. The molecule has 0 atom stereocenters. The van der Waals surface area contributed by atoms with Crippen LogP contribution >= 0.6 is 0 Å². The molecule has 8 nitrogen and oxygen atoms in total. The molecular formula is C21H25N7O. The smallest absolute Gasteiger partial charge is 0.267 e. The Labute approximate surface area is 169 Å². The van der Waals surface area contributed by atoms with Gasteiger partial charge in [-0.3, -0.25) is 9.78 Å². The fraction of sp³-hybridized carbons (Fsp3) is 0.476. The van der Waals surface area contributed by atoms with Gasteiger partial charge >= 0.3 is 0 Å². The van der Waals surface area contributed by atoms with Gasteiger partial charge in [-0.2, -0.15) is 10.2 Å². The SMILES string of the molecule is O=c1cc2c(nn1C1CCC(Nc3cncc(-n4cccn4)n3)CC1)CCCC2. The molecule has 0 saturated heterocycles. The molecule has 3 aromatic rings. The molecule has 0 bridgehead atoms. The van der Waals surface area contributed by atoms with Crippen molar-refractivity contribution in [2.45, 2.75) is 63.5 Å². The van der Waals surface area contributed by atoms with Gasteiger partial charge in [0.25, 0.3) is 5.56 Å². The van der Waals surface area contributed by atoms with E-state index < -0.39 is 0 Å². The normalized spacial score (nSPS) is 21.5. The van der Waals surface area contributed by atoms with Crippen molar-refractivity contribution in [1.82, 2.24) is 29.5 Å². The Morgan fingerprint density at radius 3 is 2.76 bits per heavy atom. The van der Waals surface area contributed by atoms with E-state index in [4.69, 9.17) is 5.10 Å². The lowest BCUT2D eigenvalue weighted by Crippen LogP contribution is -2.34. The van der Waals surface area contributed by atoms with E-state index in [-0.39, 0.29) is 11.6 Å². The maximum Gasteiger partial charge on any atom is 0.267 e. The van der Waals surface area contributed by atoms with Crippen LogP contribution < -0.4 is 10.9 Å². The van der Waals surface area contributed by atoms with Crippen molar-refractivity contribution in [2.24, 2.45) is 0 Å². The first kappa shape index (κ1) is 18.0. The fourth-order valence-corrected chi connectivity index (χ4v) is 4.45. The average molecular weight is 391 g/mol. The van der Waals surface area contributed by atoms with Crippen LogP contribution in [0.2, 0.25) is 0 Å². The van der Waals surface area contributed by atoms with Gasteiger partial charge in [0, 0.05) is 24.5 Å². The quantitative estimate of drug-likeness (QED) is 0.735. The summed E-state index contributed by atoms with van der Waals surface area (Å²) < 4.78 is 3.45. The molecule has 5 rings (SSSR count). The average Bonchev–Trinajstić information content (AvgIpc) is 3.29. The number of anilines is 1. The third-order valence-corrected chi connectivity index (χ3v) is 5.99. The number of nitrogens with one attached hydrogen (secondary N) is 1. The third kappa shape index (κ3) is 3.79. The van der Waals surface area contributed by atoms with E-state index in [0.29, 0.717) is 11.9 Å². The van der Waals surface area contributed by atoms with Crippen molar-refractivity contribution in [3.63, 3.8) is 0 Å². The van der Waals surface area contributed by atoms with Crippen LogP contribution in [0.15, 0.2) is 41.7 Å². The van der Waals surface area contributed by atoms with Crippen LogP contribution in [-0.4, -0.2) is 35.6 Å². The summed E-state index contributed by atoms with van der Waals surface area (Å²) in [6.45, 7) is 0. The van der Waals surface area contributed by atoms with E-state index in [0.717, 1.165) is 55.6 Å². The Morgan fingerprint density at radius 1 is 1.07 bits per heavy atom. The zero-order valence-electron chi connectivity index (χ0n) is 16.4. The molecule has 150 valence electrons. The molecular weight excluding hydrogens is 366 g/mol. The van der Waals surface area contributed by atoms with E-state index in [1.54, 1.807) is 28.0 Å². The molecule has 0 unspecified atom stereocenters. The molecule has 1 fully saturated rings. The van der Waals surface area contributed by atoms with Crippen LogP contribution in [0.5, 0.6) is 0 Å². The van der Waals surface area contributed by atoms with Crippen molar-refractivity contribution < 1.29 is 0 Å². The summed E-state index contributed by atoms with van der Waals surface area (Å²) in [4.78, 5) is 21.5. The maximum absolute atomic E-state index is 12.6. The van der Waals surface area contributed by atoms with Crippen molar-refractivity contribution in [2.75, 3.05) is 5.32 Å². The summed E-state index contributed by atoms with van der Waals surface area (Å²) in [5, 5.41) is 12.4. The molecule has 3 heterocycles. The number of hydrogen-bond donors (Lipinski definition) is 1. The second-order valence-electron chi connectivity index (χ2n) is 7.97. The van der Waals surface area contributed by atoms with Gasteiger partial charge in [0.2, 0.25) is 0 Å². The number of aryl methyl sites for hydroxylation is 2. The highest BCUT2D eigenvalue weighted by Gasteiger charge is 2.25. The number of aromatic nitrogens is 6. The second-order valence-corrected chi connectivity index (χ2v) is 7.97. The molecule has 3 aromatic heterocycles. The molecule has 29 heavy (non-hydrogen) atoms. The van der Waals surface area contributed by atoms with Gasteiger partial charge in [-0.05, 0) is 63.0 Å². The summed E-state index contributed by atoms with van der Waals surface area (Å²) in [5.41, 5.74) is 2.34. The van der Waals surface area contributed by atoms with Crippen LogP contribution in [0.1, 0.15) is 55.8 Å². The predicted molar refractivity (Wildman–Crippen MR) is 109 cm³/mol. The number of fused-ring (bicyclic) bond motifs is 1. The Balaban J connectivity index is 1.25. The number of nitrogens with zero attached hydrogens (tertiary/aromatic N) is 6. The number of hydrogen-bond acceptors (Lipinski definition) is 6. The molecule has 0 amide bonds. The number of rotatable bonds is 4. The minimum absolute atomic E-state index is 0.0554. The first-order chi connectivity index (χ1) is 14.3. The van der Waals surface area contributed by atoms with Crippen molar-refractivity contribution in [3.8, 4) is 5.82 Å². The van der Waals surface area contributed by atoms with Crippen LogP contribution in [-0.2, 0) is 12.8 Å². The molecule has 1 N–H and O–H groups in total. The zero-order valence-corrected chi connectivity index (χ0v) is 16.4. The highest BCUT2D eigenvalue weighted by atomic mass is 16.1. The zero-order chi connectivity index (χ0) is 19.6. The summed E-state index contributed by atoms with van der Waals surface area (Å²) in [5.74, 6) is 1.45. The topological polar surface area (TPSA) is 90.5 Å². The van der Waals surface area contributed by atoms with Gasteiger partial charge in [-0.1, -0.05) is 0 Å². The largest absolute Gasteiger partial charge is 0.366 e. The molecule has 0 aromatic carbocycles. The van der Waals surface area contributed by atoms with Gasteiger partial charge in [0.05, 0.1) is 24.1 Å². The Hall–Kier alpha value is -3.03. The molecule has 0 radical (unpaired) electrons. The molecule has 2 aliphatic carbocycles. The van der Waals surface area contributed by atoms with Crippen LogP contribution in [0.3, 0.4) is 0 Å². The van der Waals surface area contributed by atoms with Gasteiger partial charge in [0.1, 0.15) is 5.82 Å². The van der Waals surface area contributed by atoms with Gasteiger partial charge in [0.15, 0.2) is 5.82 Å². The standard InChI is InChI=1S/C21H25N7O/c29-21-12-15-4-1-2-5-18(15)26-28(21)17-8-6-16(7-9-17)24-19-13-22-14-20(25-19)27-11-3-10-23-27/h3,10-14,16-17H,1-2,4-9H2,(H,24,25). The third-order valence-electron chi connectivity index (χ3n) is 5.99. The Morgan fingerprint density at radius 2 is 1.93 bits per heavy atom. The lowest BCUT2D eigenvalue weighted by Gasteiger charge is -2.30.